The van der Waals surface area contributed by atoms with E-state index >= 15 is 4.79 Å². The fourth-order valence-electron chi connectivity index (χ4n) is 11.3. The minimum Gasteiger partial charge on any atom is -0.507 e. The maximum Gasteiger partial charge on any atom is 0.202 e. The summed E-state index contributed by atoms with van der Waals surface area (Å²) < 4.78 is 66.5. The van der Waals surface area contributed by atoms with Crippen LogP contribution in [-0.4, -0.2) is 222 Å². The van der Waals surface area contributed by atoms with Gasteiger partial charge in [0.1, 0.15) is 66.1 Å². The summed E-state index contributed by atoms with van der Waals surface area (Å²) >= 11 is 0. The Morgan fingerprint density at radius 3 is 1.70 bits per heavy atom. The number of phenols is 2. The van der Waals surface area contributed by atoms with Gasteiger partial charge >= 0.3 is 0 Å². The minimum atomic E-state index is -1.95. The van der Waals surface area contributed by atoms with E-state index in [4.69, 9.17) is 52.1 Å². The maximum atomic E-state index is 15.0. The Labute approximate surface area is 439 Å². The van der Waals surface area contributed by atoms with Crippen molar-refractivity contribution in [3.8, 4) is 17.2 Å². The standard InChI is InChI=1S/C52H76O24/c1-18-29(72-34-14-30(43(58)21(4)68-34)73-33-13-28(54)42(57)20(3)67-33)12-26-10-25-11-27(49(66-9)48(63)41(56)19(2)53)50(47(62)39(25)46(61)38(26)40(18)55)76-36-16-31(44(59)23(6)70-36)74-35-15-32(45(60)22(5)69-35)75-37-17-52(8,65)51(64)24(7)71-37/h10,12,19-24,27-28,30-37,41-45,49-51,53-61,64-65H,11,13-17H2,1-9H3/t19?,20-,21-,22-,23-,24-,27+,28-,30-,31-,32-,33+,34+,35+,36+,37+,41?,42-,43-,44-,45+,49?,50+,51-,52+/m1/s1. The molecule has 0 aromatic heterocycles. The molecule has 0 spiro atoms. The molecule has 0 bridgehead atoms. The number of fused-ring (bicyclic) bond motifs is 2. The molecular weight excluding hydrogens is 1010 g/mol. The van der Waals surface area contributed by atoms with E-state index in [2.05, 4.69) is 0 Å². The second-order valence-corrected chi connectivity index (χ2v) is 21.7. The van der Waals surface area contributed by atoms with Crippen LogP contribution in [0.25, 0.3) is 10.8 Å². The van der Waals surface area contributed by atoms with Gasteiger partial charge in [0.25, 0.3) is 0 Å². The summed E-state index contributed by atoms with van der Waals surface area (Å²) in [4.78, 5) is 28.9. The first kappa shape index (κ1) is 58.8. The number of hydrogen-bond acceptors (Lipinski definition) is 24. The van der Waals surface area contributed by atoms with Crippen LogP contribution in [0.3, 0.4) is 0 Å². The smallest absolute Gasteiger partial charge is 0.202 e. The Morgan fingerprint density at radius 2 is 1.17 bits per heavy atom. The van der Waals surface area contributed by atoms with Crippen LogP contribution in [0, 0.1) is 12.8 Å². The zero-order valence-electron chi connectivity index (χ0n) is 44.0. The number of phenolic OH excluding ortho intramolecular Hbond substituents is 2. The molecule has 0 saturated carbocycles. The lowest BCUT2D eigenvalue weighted by Crippen LogP contribution is -2.58. The highest BCUT2D eigenvalue weighted by Gasteiger charge is 2.51. The van der Waals surface area contributed by atoms with Gasteiger partial charge in [0.05, 0.1) is 77.6 Å². The average molecular weight is 1090 g/mol. The lowest BCUT2D eigenvalue weighted by Gasteiger charge is -2.46. The summed E-state index contributed by atoms with van der Waals surface area (Å²) in [5.41, 5.74) is -1.47. The van der Waals surface area contributed by atoms with Crippen molar-refractivity contribution in [3.05, 3.63) is 28.8 Å². The van der Waals surface area contributed by atoms with Crippen LogP contribution >= 0.6 is 0 Å². The maximum absolute atomic E-state index is 15.0. The van der Waals surface area contributed by atoms with Crippen molar-refractivity contribution < 1.29 is 118 Å². The highest BCUT2D eigenvalue weighted by Crippen LogP contribution is 2.47. The first-order chi connectivity index (χ1) is 35.7. The molecule has 2 aromatic carbocycles. The summed E-state index contributed by atoms with van der Waals surface area (Å²) in [6, 6.07) is 3.03. The molecule has 3 unspecified atom stereocenters. The van der Waals surface area contributed by atoms with E-state index in [-0.39, 0.29) is 71.7 Å². The van der Waals surface area contributed by atoms with Gasteiger partial charge in [-0.15, -0.1) is 0 Å². The van der Waals surface area contributed by atoms with Crippen LogP contribution in [0.4, 0.5) is 0 Å². The molecule has 5 saturated heterocycles. The number of carbonyl (C=O) groups is 2. The zero-order valence-corrected chi connectivity index (χ0v) is 44.0. The number of benzene rings is 2. The van der Waals surface area contributed by atoms with E-state index in [0.29, 0.717) is 0 Å². The van der Waals surface area contributed by atoms with E-state index in [1.165, 1.54) is 46.9 Å². The van der Waals surface area contributed by atoms with Crippen molar-refractivity contribution in [1.82, 2.24) is 0 Å². The summed E-state index contributed by atoms with van der Waals surface area (Å²) in [7, 11) is 1.18. The molecule has 0 radical (unpaired) electrons. The summed E-state index contributed by atoms with van der Waals surface area (Å²) in [6.45, 7) is 12.1. The van der Waals surface area contributed by atoms with Gasteiger partial charge in [-0.05, 0) is 84.9 Å². The number of aliphatic hydroxyl groups excluding tert-OH is 8. The van der Waals surface area contributed by atoms with E-state index in [9.17, 15) is 61.0 Å². The third-order valence-electron chi connectivity index (χ3n) is 15.9. The second kappa shape index (κ2) is 23.4. The van der Waals surface area contributed by atoms with Gasteiger partial charge in [0.2, 0.25) is 6.29 Å². The van der Waals surface area contributed by atoms with Gasteiger partial charge in [-0.1, -0.05) is 0 Å². The SMILES string of the molecule is COC(C(=O)C(O)C(C)O)[C@@H]1Cc2cc3cc(O[C@H]4C[C@@H](O[C@H]5C[C@@H](O)[C@H](O)[C@@H](C)O5)[C@H](O)[C@@H](C)O4)c(C)c(O)c3c(O)c2C(=O)[C@H]1O[C@H]1C[C@@H](O[C@H]2C[C@@H](O[C@H]3C[C@](C)(O)[C@H](O)[C@@H](C)O3)[C@@H](O)[C@@H](C)O2)[C@H](O)[C@@H](C)O1. The third-order valence-corrected chi connectivity index (χ3v) is 15.9. The zero-order chi connectivity index (χ0) is 55.6. The Kier molecular flexibility index (Phi) is 18.1. The third kappa shape index (κ3) is 11.9. The van der Waals surface area contributed by atoms with Crippen molar-refractivity contribution in [3.63, 3.8) is 0 Å². The van der Waals surface area contributed by atoms with Crippen LogP contribution < -0.4 is 4.74 Å². The fraction of sp³-hybridized carbons (Fsp3) is 0.769. The molecule has 24 nitrogen and oxygen atoms in total. The number of aliphatic hydroxyl groups is 9. The van der Waals surface area contributed by atoms with Gasteiger partial charge in [-0.3, -0.25) is 9.59 Å². The van der Waals surface area contributed by atoms with Crippen molar-refractivity contribution in [2.45, 2.75) is 241 Å². The van der Waals surface area contributed by atoms with Crippen LogP contribution in [0.1, 0.15) is 102 Å². The number of ketones is 2. The van der Waals surface area contributed by atoms with E-state index in [1.54, 1.807) is 27.7 Å². The number of carbonyl (C=O) groups excluding carboxylic acids is 2. The molecule has 24 heteroatoms. The first-order valence-electron chi connectivity index (χ1n) is 26.0. The van der Waals surface area contributed by atoms with Gasteiger partial charge in [-0.2, -0.15) is 0 Å². The molecule has 1 aliphatic carbocycles. The molecule has 5 fully saturated rings. The largest absolute Gasteiger partial charge is 0.507 e. The number of rotatable bonds is 15. The molecule has 6 aliphatic rings. The molecule has 2 aromatic rings. The Balaban J connectivity index is 1.04. The number of aromatic hydroxyl groups is 2. The molecule has 25 atom stereocenters. The molecule has 0 amide bonds. The lowest BCUT2D eigenvalue weighted by atomic mass is 9.75. The van der Waals surface area contributed by atoms with E-state index < -0.39 is 176 Å². The van der Waals surface area contributed by atoms with Crippen molar-refractivity contribution >= 4 is 22.3 Å². The number of ether oxygens (including phenoxy) is 11. The van der Waals surface area contributed by atoms with Gasteiger partial charge in [0.15, 0.2) is 36.7 Å². The number of methoxy groups -OCH3 is 1. The molecule has 5 aliphatic heterocycles. The van der Waals surface area contributed by atoms with Gasteiger partial charge in [-0.25, -0.2) is 0 Å². The highest BCUT2D eigenvalue weighted by atomic mass is 16.7. The highest BCUT2D eigenvalue weighted by molar-refractivity contribution is 6.11. The molecule has 76 heavy (non-hydrogen) atoms. The van der Waals surface area contributed by atoms with E-state index in [0.717, 1.165) is 0 Å². The van der Waals surface area contributed by atoms with Crippen molar-refractivity contribution in [2.75, 3.05) is 7.11 Å². The van der Waals surface area contributed by atoms with Crippen molar-refractivity contribution in [1.29, 1.82) is 0 Å². The molecule has 428 valence electrons. The topological polar surface area (TPSA) is 358 Å². The summed E-state index contributed by atoms with van der Waals surface area (Å²) in [6.07, 6.45) is -27.0. The van der Waals surface area contributed by atoms with Crippen LogP contribution in [-0.2, 0) is 58.6 Å². The van der Waals surface area contributed by atoms with Crippen LogP contribution in [0.15, 0.2) is 12.1 Å². The van der Waals surface area contributed by atoms with Crippen molar-refractivity contribution in [2.24, 2.45) is 5.92 Å². The van der Waals surface area contributed by atoms with Gasteiger partial charge in [0, 0.05) is 50.7 Å². The Morgan fingerprint density at radius 1 is 0.684 bits per heavy atom. The Bertz CT molecular complexity index is 2350. The monoisotopic (exact) mass is 1080 g/mol. The molecule has 5 heterocycles. The predicted octanol–water partition coefficient (Wildman–Crippen LogP) is -0.249. The Hall–Kier alpha value is -3.32. The summed E-state index contributed by atoms with van der Waals surface area (Å²) in [5, 5.41) is 120. The minimum absolute atomic E-state index is 0.0365. The molecule has 8 rings (SSSR count). The fourth-order valence-corrected chi connectivity index (χ4v) is 11.3. The lowest BCUT2D eigenvalue weighted by molar-refractivity contribution is -0.334. The van der Waals surface area contributed by atoms with Gasteiger partial charge < -0.3 is 108 Å². The average Bonchev–Trinajstić information content (AvgIpc) is 3.38. The van der Waals surface area contributed by atoms with Crippen LogP contribution in [0.2, 0.25) is 0 Å². The quantitative estimate of drug-likeness (QED) is 0.110. The number of hydrogen-bond donors (Lipinski definition) is 11. The summed E-state index contributed by atoms with van der Waals surface area (Å²) in [5.74, 6) is -4.07. The number of Topliss-reactive ketones (excluding diaryl/α,β-unsaturated/α-hetero) is 2. The molecule has 11 N–H and O–H groups in total. The van der Waals surface area contributed by atoms with Crippen LogP contribution in [0.5, 0.6) is 17.2 Å². The van der Waals surface area contributed by atoms with E-state index in [1.807, 2.05) is 0 Å². The molecular formula is C52H76O24. The second-order valence-electron chi connectivity index (χ2n) is 21.7. The normalized spacial score (nSPS) is 42.5. The first-order valence-corrected chi connectivity index (χ1v) is 26.0. The predicted molar refractivity (Wildman–Crippen MR) is 259 cm³/mol.